The number of benzene rings is 1. The fourth-order valence-corrected chi connectivity index (χ4v) is 2.91. The van der Waals surface area contributed by atoms with Crippen molar-refractivity contribution in [2.45, 2.75) is 33.2 Å². The van der Waals surface area contributed by atoms with Crippen molar-refractivity contribution in [2.24, 2.45) is 5.92 Å². The summed E-state index contributed by atoms with van der Waals surface area (Å²) in [4.78, 5) is 12.4. The molecular formula is C21H25NO4. The molecular weight excluding hydrogens is 330 g/mol. The van der Waals surface area contributed by atoms with E-state index in [2.05, 4.69) is 19.2 Å². The molecule has 0 fully saturated rings. The van der Waals surface area contributed by atoms with E-state index in [9.17, 15) is 4.79 Å². The lowest BCUT2D eigenvalue weighted by atomic mass is 9.95. The van der Waals surface area contributed by atoms with E-state index in [1.54, 1.807) is 6.08 Å². The van der Waals surface area contributed by atoms with Crippen LogP contribution in [0.5, 0.6) is 11.5 Å². The Morgan fingerprint density at radius 1 is 1.12 bits per heavy atom. The van der Waals surface area contributed by atoms with Gasteiger partial charge in [-0.3, -0.25) is 4.79 Å². The Hall–Kier alpha value is -2.69. The third-order valence-electron chi connectivity index (χ3n) is 4.26. The lowest BCUT2D eigenvalue weighted by molar-refractivity contribution is -0.117. The lowest BCUT2D eigenvalue weighted by Gasteiger charge is -2.23. The van der Waals surface area contributed by atoms with Crippen molar-refractivity contribution in [3.8, 4) is 11.5 Å². The molecule has 0 unspecified atom stereocenters. The van der Waals surface area contributed by atoms with Crippen LogP contribution >= 0.6 is 0 Å². The molecule has 0 spiro atoms. The molecule has 2 heterocycles. The molecule has 3 rings (SSSR count). The number of aryl methyl sites for hydroxylation is 1. The van der Waals surface area contributed by atoms with Gasteiger partial charge in [-0.25, -0.2) is 0 Å². The summed E-state index contributed by atoms with van der Waals surface area (Å²) in [5, 5.41) is 3.07. The van der Waals surface area contributed by atoms with Gasteiger partial charge in [0.25, 0.3) is 0 Å². The van der Waals surface area contributed by atoms with Crippen LogP contribution in [-0.4, -0.2) is 19.1 Å². The topological polar surface area (TPSA) is 60.7 Å². The fourth-order valence-electron chi connectivity index (χ4n) is 2.91. The highest BCUT2D eigenvalue weighted by Gasteiger charge is 2.20. The second-order valence-corrected chi connectivity index (χ2v) is 6.77. The van der Waals surface area contributed by atoms with Gasteiger partial charge < -0.3 is 19.2 Å². The van der Waals surface area contributed by atoms with Gasteiger partial charge in [0.2, 0.25) is 5.91 Å². The van der Waals surface area contributed by atoms with Gasteiger partial charge >= 0.3 is 0 Å². The van der Waals surface area contributed by atoms with Gasteiger partial charge in [0.05, 0.1) is 19.3 Å². The molecule has 1 N–H and O–H groups in total. The predicted octanol–water partition coefficient (Wildman–Crippen LogP) is 4.28. The van der Waals surface area contributed by atoms with Gasteiger partial charge in [-0.1, -0.05) is 19.9 Å². The van der Waals surface area contributed by atoms with E-state index < -0.39 is 0 Å². The minimum absolute atomic E-state index is 0.123. The molecule has 1 amide bonds. The predicted molar refractivity (Wildman–Crippen MR) is 100 cm³/mol. The van der Waals surface area contributed by atoms with Crippen molar-refractivity contribution in [3.63, 3.8) is 0 Å². The second-order valence-electron chi connectivity index (χ2n) is 6.77. The van der Waals surface area contributed by atoms with Gasteiger partial charge in [-0.2, -0.15) is 0 Å². The lowest BCUT2D eigenvalue weighted by Crippen LogP contribution is -2.30. The van der Waals surface area contributed by atoms with Crippen LogP contribution < -0.4 is 14.8 Å². The van der Waals surface area contributed by atoms with Crippen LogP contribution in [0, 0.1) is 12.8 Å². The van der Waals surface area contributed by atoms with Gasteiger partial charge in [-0.05, 0) is 48.7 Å². The molecule has 0 saturated heterocycles. The van der Waals surface area contributed by atoms with Crippen molar-refractivity contribution in [3.05, 3.63) is 53.5 Å². The molecule has 0 aliphatic carbocycles. The van der Waals surface area contributed by atoms with E-state index in [4.69, 9.17) is 13.9 Å². The highest BCUT2D eigenvalue weighted by molar-refractivity contribution is 5.91. The molecule has 0 radical (unpaired) electrons. The maximum absolute atomic E-state index is 12.4. The van der Waals surface area contributed by atoms with Crippen LogP contribution in [0.1, 0.15) is 43.4 Å². The van der Waals surface area contributed by atoms with Crippen LogP contribution in [0.3, 0.4) is 0 Å². The van der Waals surface area contributed by atoms with E-state index >= 15 is 0 Å². The summed E-state index contributed by atoms with van der Waals surface area (Å²) in [5.41, 5.74) is 1.000. The highest BCUT2D eigenvalue weighted by atomic mass is 16.5. The number of ether oxygens (including phenoxy) is 2. The Bertz CT molecular complexity index is 791. The normalized spacial score (nSPS) is 15.1. The van der Waals surface area contributed by atoms with Gasteiger partial charge in [0.1, 0.15) is 11.5 Å². The molecule has 5 nitrogen and oxygen atoms in total. The number of furan rings is 1. The summed E-state index contributed by atoms with van der Waals surface area (Å²) < 4.78 is 16.9. The number of carbonyl (C=O) groups is 1. The quantitative estimate of drug-likeness (QED) is 0.814. The number of rotatable bonds is 5. The number of fused-ring (bicyclic) bond motifs is 1. The van der Waals surface area contributed by atoms with E-state index in [1.807, 2.05) is 37.3 Å². The Labute approximate surface area is 154 Å². The van der Waals surface area contributed by atoms with Crippen molar-refractivity contribution >= 4 is 12.0 Å². The van der Waals surface area contributed by atoms with Crippen molar-refractivity contribution in [1.82, 2.24) is 5.32 Å². The Morgan fingerprint density at radius 2 is 1.88 bits per heavy atom. The van der Waals surface area contributed by atoms with Crippen molar-refractivity contribution in [1.29, 1.82) is 0 Å². The Morgan fingerprint density at radius 3 is 2.58 bits per heavy atom. The summed E-state index contributed by atoms with van der Waals surface area (Å²) >= 11 is 0. The van der Waals surface area contributed by atoms with Crippen LogP contribution in [0.15, 0.2) is 40.8 Å². The molecule has 1 aliphatic heterocycles. The maximum atomic E-state index is 12.4. The summed E-state index contributed by atoms with van der Waals surface area (Å²) in [6.45, 7) is 7.33. The van der Waals surface area contributed by atoms with E-state index in [-0.39, 0.29) is 17.9 Å². The molecule has 138 valence electrons. The zero-order valence-corrected chi connectivity index (χ0v) is 15.5. The second kappa shape index (κ2) is 8.13. The number of nitrogens with one attached hydrogen (secondary N) is 1. The Kier molecular flexibility index (Phi) is 5.66. The third-order valence-corrected chi connectivity index (χ3v) is 4.26. The SMILES string of the molecule is Cc1ccc(/C=C/C(=O)N[C@@H](c2ccc3c(c2)OCCCO3)C(C)C)o1. The number of hydrogen-bond donors (Lipinski definition) is 1. The minimum Gasteiger partial charge on any atom is -0.490 e. The molecule has 0 bridgehead atoms. The van der Waals surface area contributed by atoms with Crippen LogP contribution in [0.4, 0.5) is 0 Å². The standard InChI is InChI=1S/C21H25NO4/c1-14(2)21(22-20(23)10-8-17-7-5-15(3)26-17)16-6-9-18-19(13-16)25-12-4-11-24-18/h5-10,13-14,21H,4,11-12H2,1-3H3,(H,22,23)/b10-8+/t21-/m1/s1. The minimum atomic E-state index is -0.162. The summed E-state index contributed by atoms with van der Waals surface area (Å²) in [6, 6.07) is 9.44. The molecule has 1 atom stereocenters. The Balaban J connectivity index is 1.73. The van der Waals surface area contributed by atoms with Crippen molar-refractivity contribution < 1.29 is 18.7 Å². The first-order chi connectivity index (χ1) is 12.5. The molecule has 5 heteroatoms. The maximum Gasteiger partial charge on any atom is 0.244 e. The first-order valence-corrected chi connectivity index (χ1v) is 8.97. The van der Waals surface area contributed by atoms with E-state index in [0.717, 1.165) is 29.2 Å². The largest absolute Gasteiger partial charge is 0.490 e. The van der Waals surface area contributed by atoms with Crippen LogP contribution in [0.25, 0.3) is 6.08 Å². The first kappa shape index (κ1) is 18.1. The van der Waals surface area contributed by atoms with Gasteiger partial charge in [0.15, 0.2) is 11.5 Å². The van der Waals surface area contributed by atoms with Gasteiger partial charge in [0, 0.05) is 12.5 Å². The monoisotopic (exact) mass is 355 g/mol. The van der Waals surface area contributed by atoms with Crippen molar-refractivity contribution in [2.75, 3.05) is 13.2 Å². The molecule has 1 aromatic heterocycles. The molecule has 26 heavy (non-hydrogen) atoms. The molecule has 2 aromatic rings. The summed E-state index contributed by atoms with van der Waals surface area (Å²) in [5.74, 6) is 3.04. The zero-order chi connectivity index (χ0) is 18.5. The number of hydrogen-bond acceptors (Lipinski definition) is 4. The average molecular weight is 355 g/mol. The first-order valence-electron chi connectivity index (χ1n) is 8.97. The smallest absolute Gasteiger partial charge is 0.244 e. The zero-order valence-electron chi connectivity index (χ0n) is 15.5. The molecule has 1 aromatic carbocycles. The van der Waals surface area contributed by atoms with E-state index in [1.165, 1.54) is 6.08 Å². The average Bonchev–Trinajstić information content (AvgIpc) is 2.89. The van der Waals surface area contributed by atoms with E-state index in [0.29, 0.717) is 19.0 Å². The summed E-state index contributed by atoms with van der Waals surface area (Å²) in [7, 11) is 0. The third kappa shape index (κ3) is 4.48. The fraction of sp³-hybridized carbons (Fsp3) is 0.381. The van der Waals surface area contributed by atoms with Gasteiger partial charge in [-0.15, -0.1) is 0 Å². The summed E-state index contributed by atoms with van der Waals surface area (Å²) in [6.07, 6.45) is 4.04. The highest BCUT2D eigenvalue weighted by Crippen LogP contribution is 2.34. The van der Waals surface area contributed by atoms with Crippen LogP contribution in [-0.2, 0) is 4.79 Å². The number of carbonyl (C=O) groups excluding carboxylic acids is 1. The van der Waals surface area contributed by atoms with Crippen LogP contribution in [0.2, 0.25) is 0 Å². The number of amides is 1. The molecule has 0 saturated carbocycles. The molecule has 1 aliphatic rings.